The van der Waals surface area contributed by atoms with Crippen LogP contribution in [0.5, 0.6) is 0 Å². The molecule has 1 aromatic rings. The second-order valence-corrected chi connectivity index (χ2v) is 5.88. The number of nitrogens with one attached hydrogen (secondary N) is 2. The van der Waals surface area contributed by atoms with Crippen molar-refractivity contribution >= 4 is 17.3 Å². The molecule has 4 heteroatoms. The van der Waals surface area contributed by atoms with E-state index in [2.05, 4.69) is 27.7 Å². The van der Waals surface area contributed by atoms with Crippen molar-refractivity contribution in [3.63, 3.8) is 0 Å². The van der Waals surface area contributed by atoms with Crippen LogP contribution in [0.15, 0.2) is 35.4 Å². The number of carbonyl (C=O) groups is 1. The third kappa shape index (κ3) is 3.27. The molecule has 2 heterocycles. The van der Waals surface area contributed by atoms with Crippen molar-refractivity contribution in [2.24, 2.45) is 0 Å². The Morgan fingerprint density at radius 3 is 2.33 bits per heavy atom. The van der Waals surface area contributed by atoms with Gasteiger partial charge in [-0.3, -0.25) is 4.79 Å². The van der Waals surface area contributed by atoms with Crippen molar-refractivity contribution in [1.82, 2.24) is 5.32 Å². The van der Waals surface area contributed by atoms with E-state index in [1.54, 1.807) is 0 Å². The van der Waals surface area contributed by atoms with E-state index < -0.39 is 0 Å². The van der Waals surface area contributed by atoms with Crippen LogP contribution in [0.1, 0.15) is 26.2 Å². The molecule has 2 aliphatic rings. The number of anilines is 2. The van der Waals surface area contributed by atoms with Crippen molar-refractivity contribution < 1.29 is 4.79 Å². The molecule has 1 aromatic carbocycles. The lowest BCUT2D eigenvalue weighted by Crippen LogP contribution is -2.36. The molecule has 0 atom stereocenters. The smallest absolute Gasteiger partial charge is 0.251 e. The summed E-state index contributed by atoms with van der Waals surface area (Å²) >= 11 is 0. The molecule has 0 saturated carbocycles. The van der Waals surface area contributed by atoms with Gasteiger partial charge in [0.1, 0.15) is 0 Å². The summed E-state index contributed by atoms with van der Waals surface area (Å²) in [6.45, 7) is 5.86. The fourth-order valence-electron chi connectivity index (χ4n) is 2.81. The fraction of sp³-hybridized carbons (Fsp3) is 0.471. The van der Waals surface area contributed by atoms with Crippen molar-refractivity contribution in [1.29, 1.82) is 0 Å². The highest BCUT2D eigenvalue weighted by Gasteiger charge is 2.16. The Morgan fingerprint density at radius 1 is 1.10 bits per heavy atom. The lowest BCUT2D eigenvalue weighted by Gasteiger charge is -2.28. The van der Waals surface area contributed by atoms with Gasteiger partial charge in [-0.2, -0.15) is 0 Å². The third-order valence-corrected chi connectivity index (χ3v) is 4.39. The maximum atomic E-state index is 12.1. The van der Waals surface area contributed by atoms with Crippen LogP contribution in [0, 0.1) is 0 Å². The molecule has 2 N–H and O–H groups in total. The fourth-order valence-corrected chi connectivity index (χ4v) is 2.81. The van der Waals surface area contributed by atoms with Gasteiger partial charge in [0.2, 0.25) is 0 Å². The largest absolute Gasteiger partial charge is 0.372 e. The zero-order valence-corrected chi connectivity index (χ0v) is 12.6. The molecule has 0 radical (unpaired) electrons. The maximum Gasteiger partial charge on any atom is 0.251 e. The monoisotopic (exact) mass is 285 g/mol. The highest BCUT2D eigenvalue weighted by Crippen LogP contribution is 2.22. The topological polar surface area (TPSA) is 44.4 Å². The maximum absolute atomic E-state index is 12.1. The second kappa shape index (κ2) is 6.31. The normalized spacial score (nSPS) is 18.1. The van der Waals surface area contributed by atoms with E-state index >= 15 is 0 Å². The molecule has 2 saturated heterocycles. The Bertz CT molecular complexity index is 536. The average molecular weight is 285 g/mol. The Morgan fingerprint density at radius 2 is 1.76 bits per heavy atom. The predicted molar refractivity (Wildman–Crippen MR) is 86.7 cm³/mol. The molecule has 0 aromatic heterocycles. The minimum atomic E-state index is 0.0113. The Labute approximate surface area is 126 Å². The van der Waals surface area contributed by atoms with Gasteiger partial charge >= 0.3 is 0 Å². The number of benzene rings is 1. The zero-order chi connectivity index (χ0) is 14.7. The van der Waals surface area contributed by atoms with E-state index in [0.717, 1.165) is 37.4 Å². The van der Waals surface area contributed by atoms with E-state index in [-0.39, 0.29) is 5.91 Å². The first-order chi connectivity index (χ1) is 10.2. The van der Waals surface area contributed by atoms with E-state index in [1.807, 2.05) is 19.1 Å². The quantitative estimate of drug-likeness (QED) is 0.839. The summed E-state index contributed by atoms with van der Waals surface area (Å²) in [5, 5.41) is 6.14. The first-order valence-electron chi connectivity index (χ1n) is 7.80. The SMILES string of the molecule is CC(C(=O)Nc1ccc(N2CCCCC2)cc1)=C1CNC1. The minimum absolute atomic E-state index is 0.0113. The van der Waals surface area contributed by atoms with Gasteiger partial charge in [0.25, 0.3) is 5.91 Å². The van der Waals surface area contributed by atoms with Crippen LogP contribution in [0.3, 0.4) is 0 Å². The summed E-state index contributed by atoms with van der Waals surface area (Å²) in [4.78, 5) is 14.5. The summed E-state index contributed by atoms with van der Waals surface area (Å²) in [5.74, 6) is 0.0113. The van der Waals surface area contributed by atoms with Crippen molar-refractivity contribution in [3.8, 4) is 0 Å². The summed E-state index contributed by atoms with van der Waals surface area (Å²) in [6, 6.07) is 8.21. The summed E-state index contributed by atoms with van der Waals surface area (Å²) in [6.07, 6.45) is 3.89. The Balaban J connectivity index is 1.62. The first-order valence-corrected chi connectivity index (χ1v) is 7.80. The molecule has 1 amide bonds. The van der Waals surface area contributed by atoms with Gasteiger partial charge in [0.05, 0.1) is 0 Å². The van der Waals surface area contributed by atoms with Crippen molar-refractivity contribution in [3.05, 3.63) is 35.4 Å². The van der Waals surface area contributed by atoms with Crippen LogP contribution in [0.2, 0.25) is 0 Å². The molecule has 2 aliphatic heterocycles. The van der Waals surface area contributed by atoms with Gasteiger partial charge in [-0.1, -0.05) is 0 Å². The molecule has 21 heavy (non-hydrogen) atoms. The van der Waals surface area contributed by atoms with E-state index in [1.165, 1.54) is 30.5 Å². The molecule has 112 valence electrons. The summed E-state index contributed by atoms with van der Waals surface area (Å²) in [7, 11) is 0. The predicted octanol–water partition coefficient (Wildman–Crippen LogP) is 2.54. The molecule has 4 nitrogen and oxygen atoms in total. The van der Waals surface area contributed by atoms with Crippen LogP contribution >= 0.6 is 0 Å². The number of hydrogen-bond acceptors (Lipinski definition) is 3. The molecule has 0 spiro atoms. The highest BCUT2D eigenvalue weighted by molar-refractivity contribution is 6.04. The number of amides is 1. The van der Waals surface area contributed by atoms with Crippen molar-refractivity contribution in [2.75, 3.05) is 36.4 Å². The second-order valence-electron chi connectivity index (χ2n) is 5.88. The van der Waals surface area contributed by atoms with Crippen LogP contribution < -0.4 is 15.5 Å². The van der Waals surface area contributed by atoms with Crippen LogP contribution in [0.4, 0.5) is 11.4 Å². The zero-order valence-electron chi connectivity index (χ0n) is 12.6. The van der Waals surface area contributed by atoms with Gasteiger partial charge in [0, 0.05) is 43.1 Å². The number of nitrogens with zero attached hydrogens (tertiary/aromatic N) is 1. The van der Waals surface area contributed by atoms with Crippen molar-refractivity contribution in [2.45, 2.75) is 26.2 Å². The summed E-state index contributed by atoms with van der Waals surface area (Å²) < 4.78 is 0. The Hall–Kier alpha value is -1.81. The Kier molecular flexibility index (Phi) is 4.25. The van der Waals surface area contributed by atoms with Gasteiger partial charge in [0.15, 0.2) is 0 Å². The number of rotatable bonds is 3. The molecular weight excluding hydrogens is 262 g/mol. The minimum Gasteiger partial charge on any atom is -0.372 e. The van der Waals surface area contributed by atoms with Gasteiger partial charge in [-0.05, 0) is 56.0 Å². The van der Waals surface area contributed by atoms with Crippen LogP contribution in [-0.4, -0.2) is 32.1 Å². The lowest BCUT2D eigenvalue weighted by molar-refractivity contribution is -0.112. The van der Waals surface area contributed by atoms with Gasteiger partial charge in [-0.25, -0.2) is 0 Å². The number of carbonyl (C=O) groups excluding carboxylic acids is 1. The molecule has 0 aliphatic carbocycles. The van der Waals surface area contributed by atoms with Gasteiger partial charge < -0.3 is 15.5 Å². The number of hydrogen-bond donors (Lipinski definition) is 2. The van der Waals surface area contributed by atoms with Gasteiger partial charge in [-0.15, -0.1) is 0 Å². The molecular formula is C17H23N3O. The summed E-state index contributed by atoms with van der Waals surface area (Å²) in [5.41, 5.74) is 4.17. The molecule has 3 rings (SSSR count). The molecule has 0 unspecified atom stereocenters. The lowest BCUT2D eigenvalue weighted by atomic mass is 10.0. The van der Waals surface area contributed by atoms with E-state index in [0.29, 0.717) is 0 Å². The first kappa shape index (κ1) is 14.1. The third-order valence-electron chi connectivity index (χ3n) is 4.39. The molecule has 0 bridgehead atoms. The highest BCUT2D eigenvalue weighted by atomic mass is 16.1. The average Bonchev–Trinajstić information content (AvgIpc) is 2.47. The number of piperidine rings is 1. The standard InChI is InChI=1S/C17H23N3O/c1-13(14-11-18-12-14)17(21)19-15-5-7-16(8-6-15)20-9-3-2-4-10-20/h5-8,18H,2-4,9-12H2,1H3,(H,19,21). The molecule has 2 fully saturated rings. The van der Waals surface area contributed by atoms with Crippen LogP contribution in [0.25, 0.3) is 0 Å². The van der Waals surface area contributed by atoms with E-state index in [9.17, 15) is 4.79 Å². The van der Waals surface area contributed by atoms with E-state index in [4.69, 9.17) is 0 Å². The van der Waals surface area contributed by atoms with Crippen LogP contribution in [-0.2, 0) is 4.79 Å².